The predicted octanol–water partition coefficient (Wildman–Crippen LogP) is 3.70. The van der Waals surface area contributed by atoms with Gasteiger partial charge in [-0.1, -0.05) is 36.9 Å². The van der Waals surface area contributed by atoms with E-state index in [-0.39, 0.29) is 5.84 Å². The first-order chi connectivity index (χ1) is 9.65. The van der Waals surface area contributed by atoms with Crippen LogP contribution in [0.25, 0.3) is 0 Å². The number of benzene rings is 1. The molecule has 0 saturated heterocycles. The molecule has 1 aliphatic carbocycles. The lowest BCUT2D eigenvalue weighted by Gasteiger charge is -2.31. The molecule has 0 amide bonds. The van der Waals surface area contributed by atoms with Crippen LogP contribution in [-0.4, -0.2) is 24.1 Å². The van der Waals surface area contributed by atoms with Crippen LogP contribution < -0.4 is 10.6 Å². The summed E-state index contributed by atoms with van der Waals surface area (Å²) in [6.07, 6.45) is 7.63. The number of anilines is 1. The van der Waals surface area contributed by atoms with Crippen molar-refractivity contribution in [2.45, 2.75) is 44.6 Å². The SMILES string of the molecule is CN(c1cccc(Br)c1/C(N)=N/O)C1CCCCCC1. The van der Waals surface area contributed by atoms with E-state index in [2.05, 4.69) is 33.0 Å². The third kappa shape index (κ3) is 3.26. The number of nitrogens with two attached hydrogens (primary N) is 1. The molecule has 1 aromatic carbocycles. The molecule has 1 fully saturated rings. The lowest BCUT2D eigenvalue weighted by atomic mass is 10.0. The van der Waals surface area contributed by atoms with Crippen LogP contribution in [0.4, 0.5) is 5.69 Å². The van der Waals surface area contributed by atoms with Crippen LogP contribution in [0.3, 0.4) is 0 Å². The van der Waals surface area contributed by atoms with Crippen LogP contribution in [-0.2, 0) is 0 Å². The first-order valence-electron chi connectivity index (χ1n) is 7.14. The molecular formula is C15H22BrN3O. The lowest BCUT2D eigenvalue weighted by molar-refractivity contribution is 0.318. The Morgan fingerprint density at radius 2 is 1.95 bits per heavy atom. The molecule has 0 aromatic heterocycles. The van der Waals surface area contributed by atoms with Gasteiger partial charge in [0, 0.05) is 23.2 Å². The van der Waals surface area contributed by atoms with Gasteiger partial charge in [0.05, 0.1) is 5.56 Å². The number of hydrogen-bond donors (Lipinski definition) is 2. The van der Waals surface area contributed by atoms with Crippen molar-refractivity contribution in [1.29, 1.82) is 0 Å². The Hall–Kier alpha value is -1.23. The predicted molar refractivity (Wildman–Crippen MR) is 86.5 cm³/mol. The van der Waals surface area contributed by atoms with E-state index in [4.69, 9.17) is 10.9 Å². The molecule has 0 radical (unpaired) electrons. The molecule has 4 nitrogen and oxygen atoms in total. The first kappa shape index (κ1) is 15.2. The molecule has 0 spiro atoms. The second-order valence-corrected chi connectivity index (χ2v) is 6.23. The first-order valence-corrected chi connectivity index (χ1v) is 7.93. The van der Waals surface area contributed by atoms with Crippen molar-refractivity contribution in [3.8, 4) is 0 Å². The summed E-state index contributed by atoms with van der Waals surface area (Å²) in [5, 5.41) is 12.2. The monoisotopic (exact) mass is 339 g/mol. The molecule has 2 rings (SSSR count). The fourth-order valence-corrected chi connectivity index (χ4v) is 3.51. The second-order valence-electron chi connectivity index (χ2n) is 5.38. The largest absolute Gasteiger partial charge is 0.409 e. The number of halogens is 1. The molecular weight excluding hydrogens is 318 g/mol. The highest BCUT2D eigenvalue weighted by Gasteiger charge is 2.21. The normalized spacial score (nSPS) is 17.8. The summed E-state index contributed by atoms with van der Waals surface area (Å²) in [5.74, 6) is 0.146. The van der Waals surface area contributed by atoms with E-state index in [1.807, 2.05) is 18.2 Å². The highest BCUT2D eigenvalue weighted by Crippen LogP contribution is 2.31. The maximum Gasteiger partial charge on any atom is 0.173 e. The molecule has 3 N–H and O–H groups in total. The minimum atomic E-state index is 0.146. The van der Waals surface area contributed by atoms with E-state index in [1.165, 1.54) is 38.5 Å². The number of amidine groups is 1. The Labute approximate surface area is 128 Å². The molecule has 110 valence electrons. The second kappa shape index (κ2) is 6.97. The molecule has 1 saturated carbocycles. The van der Waals surface area contributed by atoms with Gasteiger partial charge in [-0.2, -0.15) is 0 Å². The maximum atomic E-state index is 9.00. The zero-order valence-corrected chi connectivity index (χ0v) is 13.4. The summed E-state index contributed by atoms with van der Waals surface area (Å²) >= 11 is 3.50. The highest BCUT2D eigenvalue weighted by atomic mass is 79.9. The number of oxime groups is 1. The third-order valence-electron chi connectivity index (χ3n) is 4.11. The van der Waals surface area contributed by atoms with Crippen molar-refractivity contribution in [1.82, 2.24) is 0 Å². The van der Waals surface area contributed by atoms with E-state index in [1.54, 1.807) is 0 Å². The molecule has 1 aromatic rings. The van der Waals surface area contributed by atoms with Gasteiger partial charge in [0.2, 0.25) is 0 Å². The summed E-state index contributed by atoms with van der Waals surface area (Å²) in [7, 11) is 2.10. The van der Waals surface area contributed by atoms with Crippen LogP contribution >= 0.6 is 15.9 Å². The Balaban J connectivity index is 2.33. The summed E-state index contributed by atoms with van der Waals surface area (Å²) < 4.78 is 0.853. The highest BCUT2D eigenvalue weighted by molar-refractivity contribution is 9.10. The van der Waals surface area contributed by atoms with Crippen molar-refractivity contribution < 1.29 is 5.21 Å². The third-order valence-corrected chi connectivity index (χ3v) is 4.77. The average molecular weight is 340 g/mol. The van der Waals surface area contributed by atoms with Crippen LogP contribution in [0.15, 0.2) is 27.8 Å². The maximum absolute atomic E-state index is 9.00. The molecule has 1 aliphatic rings. The van der Waals surface area contributed by atoms with Crippen LogP contribution in [0.2, 0.25) is 0 Å². The molecule has 5 heteroatoms. The Kier molecular flexibility index (Phi) is 5.29. The van der Waals surface area contributed by atoms with Crippen molar-refractivity contribution >= 4 is 27.5 Å². The Morgan fingerprint density at radius 1 is 1.30 bits per heavy atom. The quantitative estimate of drug-likeness (QED) is 0.290. The molecule has 0 heterocycles. The molecule has 0 aliphatic heterocycles. The van der Waals surface area contributed by atoms with Crippen LogP contribution in [0.1, 0.15) is 44.1 Å². The minimum Gasteiger partial charge on any atom is -0.409 e. The van der Waals surface area contributed by atoms with E-state index in [9.17, 15) is 0 Å². The van der Waals surface area contributed by atoms with Gasteiger partial charge < -0.3 is 15.8 Å². The minimum absolute atomic E-state index is 0.146. The van der Waals surface area contributed by atoms with Gasteiger partial charge in [0.15, 0.2) is 5.84 Å². The standard InChI is InChI=1S/C15H22BrN3O/c1-19(11-7-4-2-3-5-8-11)13-10-6-9-12(16)14(13)15(17)18-20/h6,9-11,20H,2-5,7-8H2,1H3,(H2,17,18). The molecule has 0 bridgehead atoms. The zero-order valence-electron chi connectivity index (χ0n) is 11.8. The van der Waals surface area contributed by atoms with Gasteiger partial charge in [-0.25, -0.2) is 0 Å². The molecule has 20 heavy (non-hydrogen) atoms. The van der Waals surface area contributed by atoms with Crippen LogP contribution in [0, 0.1) is 0 Å². The Morgan fingerprint density at radius 3 is 2.55 bits per heavy atom. The summed E-state index contributed by atoms with van der Waals surface area (Å²) in [6, 6.07) is 6.46. The van der Waals surface area contributed by atoms with E-state index < -0.39 is 0 Å². The average Bonchev–Trinajstić information content (AvgIpc) is 2.74. The summed E-state index contributed by atoms with van der Waals surface area (Å²) in [4.78, 5) is 2.28. The van der Waals surface area contributed by atoms with Gasteiger partial charge in [0.25, 0.3) is 0 Å². The van der Waals surface area contributed by atoms with Gasteiger partial charge in [0.1, 0.15) is 0 Å². The van der Waals surface area contributed by atoms with E-state index in [0.717, 1.165) is 15.7 Å². The van der Waals surface area contributed by atoms with Crippen LogP contribution in [0.5, 0.6) is 0 Å². The zero-order chi connectivity index (χ0) is 14.5. The van der Waals surface area contributed by atoms with Gasteiger partial charge in [-0.15, -0.1) is 0 Å². The smallest absolute Gasteiger partial charge is 0.173 e. The van der Waals surface area contributed by atoms with E-state index in [0.29, 0.717) is 6.04 Å². The van der Waals surface area contributed by atoms with Gasteiger partial charge in [-0.3, -0.25) is 0 Å². The molecule has 0 unspecified atom stereocenters. The Bertz CT molecular complexity index is 482. The van der Waals surface area contributed by atoms with Gasteiger partial charge in [-0.05, 0) is 40.9 Å². The van der Waals surface area contributed by atoms with Gasteiger partial charge >= 0.3 is 0 Å². The van der Waals surface area contributed by atoms with E-state index >= 15 is 0 Å². The van der Waals surface area contributed by atoms with Crippen molar-refractivity contribution in [3.63, 3.8) is 0 Å². The molecule has 0 atom stereocenters. The summed E-state index contributed by atoms with van der Waals surface area (Å²) in [5.41, 5.74) is 7.62. The van der Waals surface area contributed by atoms with Crippen molar-refractivity contribution in [2.24, 2.45) is 10.9 Å². The fourth-order valence-electron chi connectivity index (χ4n) is 2.95. The van der Waals surface area contributed by atoms with Crippen molar-refractivity contribution in [3.05, 3.63) is 28.2 Å². The number of rotatable bonds is 3. The fraction of sp³-hybridized carbons (Fsp3) is 0.533. The number of nitrogens with zero attached hydrogens (tertiary/aromatic N) is 2. The van der Waals surface area contributed by atoms with Crippen molar-refractivity contribution in [2.75, 3.05) is 11.9 Å². The summed E-state index contributed by atoms with van der Waals surface area (Å²) in [6.45, 7) is 0. The lowest BCUT2D eigenvalue weighted by Crippen LogP contribution is -2.33. The number of hydrogen-bond acceptors (Lipinski definition) is 3. The topological polar surface area (TPSA) is 61.8 Å².